The lowest BCUT2D eigenvalue weighted by atomic mass is 10.00. The minimum atomic E-state index is -0.646. The van der Waals surface area contributed by atoms with Crippen molar-refractivity contribution in [1.29, 1.82) is 0 Å². The van der Waals surface area contributed by atoms with Crippen molar-refractivity contribution >= 4 is 17.8 Å². The van der Waals surface area contributed by atoms with Crippen molar-refractivity contribution < 1.29 is 9.90 Å². The lowest BCUT2D eigenvalue weighted by Crippen LogP contribution is -2.43. The summed E-state index contributed by atoms with van der Waals surface area (Å²) in [5.41, 5.74) is 2.88. The highest BCUT2D eigenvalue weighted by atomic mass is 16.3. The van der Waals surface area contributed by atoms with E-state index in [-0.39, 0.29) is 18.2 Å². The molecule has 0 bridgehead atoms. The first kappa shape index (κ1) is 19.8. The van der Waals surface area contributed by atoms with Crippen molar-refractivity contribution in [3.63, 3.8) is 0 Å². The van der Waals surface area contributed by atoms with Gasteiger partial charge in [0.05, 0.1) is 6.10 Å². The lowest BCUT2D eigenvalue weighted by Gasteiger charge is -2.30. The Labute approximate surface area is 154 Å². The summed E-state index contributed by atoms with van der Waals surface area (Å²) in [7, 11) is 0. The molecule has 0 aliphatic carbocycles. The van der Waals surface area contributed by atoms with Crippen molar-refractivity contribution in [3.8, 4) is 0 Å². The average molecular weight is 354 g/mol. The predicted octanol–water partition coefficient (Wildman–Crippen LogP) is 1.71. The highest BCUT2D eigenvalue weighted by Gasteiger charge is 2.19. The highest BCUT2D eigenvalue weighted by Crippen LogP contribution is 2.18. The summed E-state index contributed by atoms with van der Waals surface area (Å²) in [6, 6.07) is 8.37. The number of amides is 1. The van der Waals surface area contributed by atoms with Crippen LogP contribution in [-0.2, 0) is 17.8 Å². The molecule has 0 saturated carbocycles. The Morgan fingerprint density at radius 3 is 2.92 bits per heavy atom. The number of hydrogen-bond acceptors (Lipinski definition) is 5. The molecule has 6 heteroatoms. The molecule has 0 unspecified atom stereocenters. The fourth-order valence-corrected chi connectivity index (χ4v) is 2.85. The van der Waals surface area contributed by atoms with Crippen LogP contribution in [0.2, 0.25) is 0 Å². The normalized spacial score (nSPS) is 16.6. The fraction of sp³-hybridized carbons (Fsp3) is 0.350. The molecule has 0 spiro atoms. The van der Waals surface area contributed by atoms with Gasteiger partial charge in [-0.25, -0.2) is 0 Å². The number of aliphatic hydroxyl groups is 1. The van der Waals surface area contributed by atoms with Gasteiger partial charge in [0.1, 0.15) is 5.71 Å². The molecule has 1 aromatic carbocycles. The lowest BCUT2D eigenvalue weighted by molar-refractivity contribution is -0.115. The third kappa shape index (κ3) is 6.06. The summed E-state index contributed by atoms with van der Waals surface area (Å²) < 4.78 is 0. The molecule has 2 N–H and O–H groups in total. The molecule has 1 aromatic rings. The van der Waals surface area contributed by atoms with Crippen molar-refractivity contribution in [3.05, 3.63) is 60.4 Å². The second-order valence-corrected chi connectivity index (χ2v) is 6.04. The molecule has 26 heavy (non-hydrogen) atoms. The SMILES string of the molecule is C=C\N=C(/C=C\N=C\C)C(=O)NC[C@@H](O)CN1CCc2ccccc2C1. The van der Waals surface area contributed by atoms with Crippen LogP contribution in [0.4, 0.5) is 0 Å². The largest absolute Gasteiger partial charge is 0.390 e. The smallest absolute Gasteiger partial charge is 0.270 e. The van der Waals surface area contributed by atoms with E-state index in [0.29, 0.717) is 6.54 Å². The van der Waals surface area contributed by atoms with Gasteiger partial charge in [-0.15, -0.1) is 0 Å². The fourth-order valence-electron chi connectivity index (χ4n) is 2.85. The van der Waals surface area contributed by atoms with Gasteiger partial charge in [0.15, 0.2) is 0 Å². The zero-order chi connectivity index (χ0) is 18.8. The number of rotatable bonds is 8. The third-order valence-corrected chi connectivity index (χ3v) is 4.11. The average Bonchev–Trinajstić information content (AvgIpc) is 2.65. The monoisotopic (exact) mass is 354 g/mol. The van der Waals surface area contributed by atoms with Gasteiger partial charge in [0.25, 0.3) is 5.91 Å². The van der Waals surface area contributed by atoms with Gasteiger partial charge in [0, 0.05) is 44.8 Å². The van der Waals surface area contributed by atoms with Crippen molar-refractivity contribution in [1.82, 2.24) is 10.2 Å². The summed E-state index contributed by atoms with van der Waals surface area (Å²) in [6.07, 6.45) is 6.24. The van der Waals surface area contributed by atoms with E-state index in [1.807, 2.05) is 6.07 Å². The summed E-state index contributed by atoms with van der Waals surface area (Å²) in [5, 5.41) is 13.0. The van der Waals surface area contributed by atoms with Crippen LogP contribution in [0.25, 0.3) is 0 Å². The summed E-state index contributed by atoms with van der Waals surface area (Å²) in [6.45, 7) is 7.69. The minimum Gasteiger partial charge on any atom is -0.390 e. The Balaban J connectivity index is 1.82. The molecule has 0 saturated heterocycles. The molecule has 0 fully saturated rings. The predicted molar refractivity (Wildman–Crippen MR) is 105 cm³/mol. The number of benzene rings is 1. The summed E-state index contributed by atoms with van der Waals surface area (Å²) in [4.78, 5) is 22.2. The number of nitrogens with zero attached hydrogens (tertiary/aromatic N) is 3. The van der Waals surface area contributed by atoms with E-state index in [9.17, 15) is 9.90 Å². The first-order valence-corrected chi connectivity index (χ1v) is 8.72. The molecule has 1 aliphatic heterocycles. The van der Waals surface area contributed by atoms with Crippen LogP contribution in [0.3, 0.4) is 0 Å². The molecule has 1 atom stereocenters. The molecule has 1 heterocycles. The molecular weight excluding hydrogens is 328 g/mol. The topological polar surface area (TPSA) is 77.3 Å². The van der Waals surface area contributed by atoms with Crippen molar-refractivity contribution in [2.24, 2.45) is 9.98 Å². The summed E-state index contributed by atoms with van der Waals surface area (Å²) in [5.74, 6) is -0.365. The number of nitrogens with one attached hydrogen (secondary N) is 1. The second-order valence-electron chi connectivity index (χ2n) is 6.04. The highest BCUT2D eigenvalue weighted by molar-refractivity contribution is 6.43. The second kappa shape index (κ2) is 10.4. The zero-order valence-electron chi connectivity index (χ0n) is 15.1. The standard InChI is InChI=1S/C20H26N4O2/c1-3-21-11-9-19(22-4-2)20(26)23-13-18(25)15-24-12-10-16-7-5-6-8-17(16)14-24/h3-9,11,18,25H,2,10,12-15H2,1H3,(H,23,26)/b11-9-,21-3+,22-19+/t18-/m1/s1. The molecule has 2 rings (SSSR count). The van der Waals surface area contributed by atoms with Gasteiger partial charge < -0.3 is 10.4 Å². The van der Waals surface area contributed by atoms with E-state index in [2.05, 4.69) is 45.0 Å². The maximum Gasteiger partial charge on any atom is 0.270 e. The Morgan fingerprint density at radius 1 is 1.42 bits per heavy atom. The zero-order valence-corrected chi connectivity index (χ0v) is 15.1. The van der Waals surface area contributed by atoms with E-state index < -0.39 is 6.10 Å². The van der Waals surface area contributed by atoms with Crippen LogP contribution in [0.15, 0.2) is 59.3 Å². The van der Waals surface area contributed by atoms with Gasteiger partial charge in [-0.2, -0.15) is 0 Å². The molecule has 0 aromatic heterocycles. The molecule has 6 nitrogen and oxygen atoms in total. The Hall–Kier alpha value is -2.57. The van der Waals surface area contributed by atoms with Crippen LogP contribution < -0.4 is 5.32 Å². The number of aliphatic imine (C=N–C) groups is 2. The van der Waals surface area contributed by atoms with Gasteiger partial charge in [-0.05, 0) is 30.5 Å². The number of aliphatic hydroxyl groups excluding tert-OH is 1. The minimum absolute atomic E-state index is 0.165. The maximum atomic E-state index is 12.2. The van der Waals surface area contributed by atoms with Gasteiger partial charge >= 0.3 is 0 Å². The van der Waals surface area contributed by atoms with Crippen molar-refractivity contribution in [2.45, 2.75) is 26.0 Å². The molecule has 0 radical (unpaired) electrons. The van der Waals surface area contributed by atoms with Gasteiger partial charge in [0.2, 0.25) is 0 Å². The third-order valence-electron chi connectivity index (χ3n) is 4.11. The van der Waals surface area contributed by atoms with E-state index >= 15 is 0 Å². The Bertz CT molecular complexity index is 710. The molecule has 138 valence electrons. The van der Waals surface area contributed by atoms with Crippen LogP contribution >= 0.6 is 0 Å². The van der Waals surface area contributed by atoms with E-state index in [1.54, 1.807) is 13.1 Å². The number of carbonyl (C=O) groups excluding carboxylic acids is 1. The number of hydrogen-bond donors (Lipinski definition) is 2. The van der Waals surface area contributed by atoms with Gasteiger partial charge in [-0.3, -0.25) is 19.7 Å². The van der Waals surface area contributed by atoms with Crippen LogP contribution in [0.5, 0.6) is 0 Å². The summed E-state index contributed by atoms with van der Waals surface area (Å²) >= 11 is 0. The molecular formula is C20H26N4O2. The van der Waals surface area contributed by atoms with E-state index in [1.165, 1.54) is 29.6 Å². The van der Waals surface area contributed by atoms with Crippen LogP contribution in [0.1, 0.15) is 18.1 Å². The van der Waals surface area contributed by atoms with Crippen LogP contribution in [0, 0.1) is 0 Å². The Kier molecular flexibility index (Phi) is 7.92. The number of β-amino-alcohol motifs (C(OH)–C–C–N with tert-alkyl or cyclic N) is 1. The van der Waals surface area contributed by atoms with E-state index in [0.717, 1.165) is 19.5 Å². The molecule has 1 aliphatic rings. The maximum absolute atomic E-state index is 12.2. The van der Waals surface area contributed by atoms with Gasteiger partial charge in [-0.1, -0.05) is 30.8 Å². The quantitative estimate of drug-likeness (QED) is 0.698. The molecule has 1 amide bonds. The number of fused-ring (bicyclic) bond motifs is 1. The Morgan fingerprint density at radius 2 is 2.19 bits per heavy atom. The van der Waals surface area contributed by atoms with Crippen molar-refractivity contribution in [2.75, 3.05) is 19.6 Å². The first-order valence-electron chi connectivity index (χ1n) is 8.72. The first-order chi connectivity index (χ1) is 12.6. The van der Waals surface area contributed by atoms with E-state index in [4.69, 9.17) is 0 Å². The number of carbonyl (C=O) groups is 1. The van der Waals surface area contributed by atoms with Crippen LogP contribution in [-0.4, -0.2) is 53.6 Å².